The second-order valence-electron chi connectivity index (χ2n) is 8.82. The number of phenolic OH excluding ortho intramolecular Hbond substituents is 1. The molecule has 8 heteroatoms. The fourth-order valence-electron chi connectivity index (χ4n) is 4.06. The van der Waals surface area contributed by atoms with E-state index in [0.717, 1.165) is 5.56 Å². The highest BCUT2D eigenvalue weighted by molar-refractivity contribution is 5.87. The molecule has 2 unspecified atom stereocenters. The number of pyridine rings is 1. The molecule has 0 fully saturated rings. The van der Waals surface area contributed by atoms with Crippen LogP contribution in [0.2, 0.25) is 0 Å². The number of fused-ring (bicyclic) bond motifs is 1. The number of aromatic nitrogens is 1. The lowest BCUT2D eigenvalue weighted by atomic mass is 10.0. The van der Waals surface area contributed by atoms with Crippen molar-refractivity contribution in [2.75, 3.05) is 13.2 Å². The van der Waals surface area contributed by atoms with Gasteiger partial charge < -0.3 is 25.3 Å². The molecule has 188 valence electrons. The highest BCUT2D eigenvalue weighted by atomic mass is 19.3. The summed E-state index contributed by atoms with van der Waals surface area (Å²) in [7, 11) is 0. The molecule has 1 aromatic heterocycles. The van der Waals surface area contributed by atoms with Crippen LogP contribution in [0.25, 0.3) is 10.9 Å². The lowest BCUT2D eigenvalue weighted by molar-refractivity contribution is -0.0467. The number of ether oxygens (including phenoxy) is 1. The van der Waals surface area contributed by atoms with Crippen molar-refractivity contribution in [2.45, 2.75) is 31.4 Å². The highest BCUT2D eigenvalue weighted by Gasteiger charge is 2.32. The van der Waals surface area contributed by atoms with Crippen LogP contribution in [0.15, 0.2) is 83.7 Å². The average Bonchev–Trinajstić information content (AvgIpc) is 2.88. The third kappa shape index (κ3) is 6.08. The number of rotatable bonds is 10. The number of phenols is 1. The zero-order chi connectivity index (χ0) is 25.7. The molecule has 4 aromatic rings. The highest BCUT2D eigenvalue weighted by Crippen LogP contribution is 2.30. The van der Waals surface area contributed by atoms with E-state index in [1.54, 1.807) is 42.5 Å². The summed E-state index contributed by atoms with van der Waals surface area (Å²) in [6, 6.07) is 20.6. The fourth-order valence-corrected chi connectivity index (χ4v) is 4.06. The van der Waals surface area contributed by atoms with Crippen LogP contribution in [0, 0.1) is 0 Å². The molecule has 0 aliphatic rings. The maximum absolute atomic E-state index is 14.3. The molecule has 6 nitrogen and oxygen atoms in total. The van der Waals surface area contributed by atoms with E-state index in [2.05, 4.69) is 10.3 Å². The maximum atomic E-state index is 14.3. The Bertz CT molecular complexity index is 1360. The lowest BCUT2D eigenvalue weighted by Crippen LogP contribution is -2.32. The van der Waals surface area contributed by atoms with E-state index >= 15 is 0 Å². The van der Waals surface area contributed by atoms with Crippen molar-refractivity contribution >= 4 is 10.9 Å². The number of aromatic hydroxyl groups is 1. The number of benzene rings is 3. The van der Waals surface area contributed by atoms with E-state index < -0.39 is 18.6 Å². The minimum absolute atomic E-state index is 0.0111. The summed E-state index contributed by atoms with van der Waals surface area (Å²) < 4.78 is 33.9. The van der Waals surface area contributed by atoms with Crippen LogP contribution in [0.3, 0.4) is 0 Å². The molecule has 0 bridgehead atoms. The fraction of sp³-hybridized carbons (Fsp3) is 0.250. The normalized spacial score (nSPS) is 13.4. The van der Waals surface area contributed by atoms with Crippen LogP contribution in [0.5, 0.6) is 11.5 Å². The molecule has 36 heavy (non-hydrogen) atoms. The number of aliphatic hydroxyl groups is 1. The Morgan fingerprint density at radius 2 is 1.72 bits per heavy atom. The number of hydrogen-bond donors (Lipinski definition) is 4. The molecule has 3 aromatic carbocycles. The Balaban J connectivity index is 1.30. The van der Waals surface area contributed by atoms with Gasteiger partial charge in [0.2, 0.25) is 5.56 Å². The van der Waals surface area contributed by atoms with Gasteiger partial charge in [0, 0.05) is 29.6 Å². The standard InChI is InChI=1S/C28H28F2N2O4/c1-18(31-16-25(34)22-11-13-24(33)27-23(22)12-14-26(35)32-27)15-19-7-9-21(10-8-19)36-17-28(29,30)20-5-3-2-4-6-20/h2-14,18,25,31,33-34H,15-17H2,1H3,(H,32,35). The van der Waals surface area contributed by atoms with Gasteiger partial charge in [-0.05, 0) is 48.7 Å². The first-order valence-corrected chi connectivity index (χ1v) is 11.6. The number of nitrogens with one attached hydrogen (secondary N) is 2. The van der Waals surface area contributed by atoms with Crippen LogP contribution >= 0.6 is 0 Å². The van der Waals surface area contributed by atoms with E-state index in [9.17, 15) is 23.8 Å². The summed E-state index contributed by atoms with van der Waals surface area (Å²) in [6.45, 7) is 1.49. The van der Waals surface area contributed by atoms with Gasteiger partial charge in [-0.15, -0.1) is 0 Å². The third-order valence-corrected chi connectivity index (χ3v) is 6.01. The van der Waals surface area contributed by atoms with Crippen molar-refractivity contribution in [1.29, 1.82) is 0 Å². The predicted molar refractivity (Wildman–Crippen MR) is 135 cm³/mol. The van der Waals surface area contributed by atoms with Crippen LogP contribution in [-0.2, 0) is 12.3 Å². The van der Waals surface area contributed by atoms with Gasteiger partial charge in [-0.2, -0.15) is 8.78 Å². The van der Waals surface area contributed by atoms with E-state index in [4.69, 9.17) is 4.74 Å². The quantitative estimate of drug-likeness (QED) is 0.257. The molecule has 0 saturated heterocycles. The van der Waals surface area contributed by atoms with Crippen molar-refractivity contribution in [3.8, 4) is 11.5 Å². The van der Waals surface area contributed by atoms with Gasteiger partial charge in [0.1, 0.15) is 11.5 Å². The molecule has 0 amide bonds. The molecule has 4 N–H and O–H groups in total. The molecular weight excluding hydrogens is 466 g/mol. The maximum Gasteiger partial charge on any atom is 0.306 e. The molecule has 2 atom stereocenters. The van der Waals surface area contributed by atoms with Gasteiger partial charge >= 0.3 is 5.92 Å². The van der Waals surface area contributed by atoms with Gasteiger partial charge in [-0.25, -0.2) is 0 Å². The largest absolute Gasteiger partial charge is 0.506 e. The van der Waals surface area contributed by atoms with Gasteiger partial charge in [-0.3, -0.25) is 4.79 Å². The topological polar surface area (TPSA) is 94.6 Å². The van der Waals surface area contributed by atoms with E-state index in [0.29, 0.717) is 23.1 Å². The molecule has 0 aliphatic carbocycles. The molecule has 0 aliphatic heterocycles. The molecule has 0 radical (unpaired) electrons. The van der Waals surface area contributed by atoms with E-state index in [1.165, 1.54) is 24.3 Å². The lowest BCUT2D eigenvalue weighted by Gasteiger charge is -2.19. The average molecular weight is 495 g/mol. The summed E-state index contributed by atoms with van der Waals surface area (Å²) in [5.41, 5.74) is 1.44. The van der Waals surface area contributed by atoms with Crippen molar-refractivity contribution in [1.82, 2.24) is 10.3 Å². The SMILES string of the molecule is CC(Cc1ccc(OCC(F)(F)c2ccccc2)cc1)NCC(O)c1ccc(O)c2[nH]c(=O)ccc12. The predicted octanol–water partition coefficient (Wildman–Crippen LogP) is 4.66. The number of alkyl halides is 2. The third-order valence-electron chi connectivity index (χ3n) is 6.01. The first-order valence-electron chi connectivity index (χ1n) is 11.6. The summed E-state index contributed by atoms with van der Waals surface area (Å²) >= 11 is 0. The summed E-state index contributed by atoms with van der Waals surface area (Å²) in [5, 5.41) is 24.6. The zero-order valence-corrected chi connectivity index (χ0v) is 19.7. The second kappa shape index (κ2) is 10.9. The van der Waals surface area contributed by atoms with Crippen molar-refractivity contribution in [2.24, 2.45) is 0 Å². The van der Waals surface area contributed by atoms with Crippen LogP contribution in [0.1, 0.15) is 29.7 Å². The number of H-pyrrole nitrogens is 1. The number of aliphatic hydroxyl groups excluding tert-OH is 1. The van der Waals surface area contributed by atoms with Gasteiger partial charge in [0.25, 0.3) is 0 Å². The Morgan fingerprint density at radius 1 is 1.00 bits per heavy atom. The number of aromatic amines is 1. The Morgan fingerprint density at radius 3 is 2.44 bits per heavy atom. The first kappa shape index (κ1) is 25.3. The number of hydrogen-bond acceptors (Lipinski definition) is 5. The summed E-state index contributed by atoms with van der Waals surface area (Å²) in [6.07, 6.45) is -0.208. The van der Waals surface area contributed by atoms with E-state index in [-0.39, 0.29) is 35.0 Å². The van der Waals surface area contributed by atoms with Gasteiger partial charge in [0.05, 0.1) is 11.6 Å². The summed E-state index contributed by atoms with van der Waals surface area (Å²) in [4.78, 5) is 14.2. The summed E-state index contributed by atoms with van der Waals surface area (Å²) in [5.74, 6) is -2.78. The Hall–Kier alpha value is -3.75. The second-order valence-corrected chi connectivity index (χ2v) is 8.82. The van der Waals surface area contributed by atoms with Crippen LogP contribution in [0.4, 0.5) is 8.78 Å². The van der Waals surface area contributed by atoms with Crippen molar-refractivity contribution in [3.05, 3.63) is 106 Å². The molecule has 4 rings (SSSR count). The Labute approximate surface area is 207 Å². The van der Waals surface area contributed by atoms with Gasteiger partial charge in [0.15, 0.2) is 6.61 Å². The molecular formula is C28H28F2N2O4. The molecule has 0 saturated carbocycles. The zero-order valence-electron chi connectivity index (χ0n) is 19.7. The van der Waals surface area contributed by atoms with Crippen molar-refractivity contribution in [3.63, 3.8) is 0 Å². The van der Waals surface area contributed by atoms with Crippen molar-refractivity contribution < 1.29 is 23.7 Å². The first-order chi connectivity index (χ1) is 17.2. The van der Waals surface area contributed by atoms with Crippen LogP contribution < -0.4 is 15.6 Å². The molecule has 1 heterocycles. The monoisotopic (exact) mass is 494 g/mol. The minimum Gasteiger partial charge on any atom is -0.506 e. The minimum atomic E-state index is -3.09. The smallest absolute Gasteiger partial charge is 0.306 e. The molecule has 0 spiro atoms. The Kier molecular flexibility index (Phi) is 7.67. The van der Waals surface area contributed by atoms with Crippen LogP contribution in [-0.4, -0.2) is 34.4 Å². The van der Waals surface area contributed by atoms with E-state index in [1.807, 2.05) is 19.1 Å². The van der Waals surface area contributed by atoms with Gasteiger partial charge in [-0.1, -0.05) is 48.5 Å². The number of halogens is 2.